The summed E-state index contributed by atoms with van der Waals surface area (Å²) in [5.74, 6) is 0.523. The Morgan fingerprint density at radius 3 is 2.78 bits per heavy atom. The second-order valence-corrected chi connectivity index (χ2v) is 6.38. The van der Waals surface area contributed by atoms with Gasteiger partial charge in [-0.3, -0.25) is 0 Å². The molecule has 0 radical (unpaired) electrons. The number of nitrogens with zero attached hydrogens (tertiary/aromatic N) is 4. The van der Waals surface area contributed by atoms with E-state index in [1.54, 1.807) is 16.8 Å². The fourth-order valence-electron chi connectivity index (χ4n) is 3.02. The maximum Gasteiger partial charge on any atom is 0.356 e. The predicted octanol–water partition coefficient (Wildman–Crippen LogP) is 1.82. The highest BCUT2D eigenvalue weighted by molar-refractivity contribution is 5.87. The number of rotatable bonds is 5. The first-order chi connectivity index (χ1) is 11.2. The van der Waals surface area contributed by atoms with Gasteiger partial charge in [-0.05, 0) is 31.6 Å². The number of imidazole rings is 1. The number of fused-ring (bicyclic) bond motifs is 1. The Labute approximate surface area is 133 Å². The van der Waals surface area contributed by atoms with Crippen LogP contribution < -0.4 is 4.90 Å². The van der Waals surface area contributed by atoms with E-state index in [9.17, 15) is 4.79 Å². The Hall–Kier alpha value is -2.15. The number of hydrogen-bond donors (Lipinski definition) is 1. The second kappa shape index (κ2) is 5.81. The van der Waals surface area contributed by atoms with Crippen LogP contribution in [0.25, 0.3) is 5.65 Å². The summed E-state index contributed by atoms with van der Waals surface area (Å²) >= 11 is 0. The Kier molecular flexibility index (Phi) is 3.65. The molecule has 0 unspecified atom stereocenters. The molecule has 7 nitrogen and oxygen atoms in total. The first-order valence-electron chi connectivity index (χ1n) is 8.14. The molecule has 2 aliphatic rings. The molecule has 3 heterocycles. The van der Waals surface area contributed by atoms with Crippen LogP contribution in [0.3, 0.4) is 0 Å². The Morgan fingerprint density at radius 1 is 1.30 bits per heavy atom. The third kappa shape index (κ3) is 3.01. The van der Waals surface area contributed by atoms with Gasteiger partial charge in [-0.25, -0.2) is 14.8 Å². The summed E-state index contributed by atoms with van der Waals surface area (Å²) in [6, 6.07) is 0. The van der Waals surface area contributed by atoms with E-state index in [4.69, 9.17) is 9.84 Å². The third-order valence-electron chi connectivity index (χ3n) is 4.58. The van der Waals surface area contributed by atoms with Crippen molar-refractivity contribution in [2.45, 2.75) is 31.8 Å². The Balaban J connectivity index is 1.47. The molecule has 1 saturated carbocycles. The van der Waals surface area contributed by atoms with E-state index < -0.39 is 5.97 Å². The van der Waals surface area contributed by atoms with Crippen molar-refractivity contribution in [2.75, 3.05) is 24.6 Å². The lowest BCUT2D eigenvalue weighted by molar-refractivity contribution is 0.0304. The van der Waals surface area contributed by atoms with Gasteiger partial charge in [0, 0.05) is 38.3 Å². The fourth-order valence-corrected chi connectivity index (χ4v) is 3.02. The van der Waals surface area contributed by atoms with Gasteiger partial charge in [-0.1, -0.05) is 0 Å². The summed E-state index contributed by atoms with van der Waals surface area (Å²) in [7, 11) is 0. The van der Waals surface area contributed by atoms with Gasteiger partial charge in [0.25, 0.3) is 0 Å². The predicted molar refractivity (Wildman–Crippen MR) is 83.9 cm³/mol. The van der Waals surface area contributed by atoms with Crippen LogP contribution in [0.1, 0.15) is 36.2 Å². The number of aromatic carboxylic acids is 1. The topological polar surface area (TPSA) is 80.0 Å². The largest absolute Gasteiger partial charge is 0.476 e. The van der Waals surface area contributed by atoms with Gasteiger partial charge < -0.3 is 19.1 Å². The number of hydrogen-bond acceptors (Lipinski definition) is 5. The van der Waals surface area contributed by atoms with Gasteiger partial charge in [0.1, 0.15) is 0 Å². The van der Waals surface area contributed by atoms with Gasteiger partial charge in [0.15, 0.2) is 17.2 Å². The van der Waals surface area contributed by atoms with Crippen LogP contribution in [0.4, 0.5) is 5.82 Å². The highest BCUT2D eigenvalue weighted by Gasteiger charge is 2.26. The lowest BCUT2D eigenvalue weighted by Gasteiger charge is -2.32. The van der Waals surface area contributed by atoms with Crippen LogP contribution in [0.5, 0.6) is 0 Å². The normalized spacial score (nSPS) is 19.4. The molecule has 0 amide bonds. The van der Waals surface area contributed by atoms with Gasteiger partial charge in [-0.2, -0.15) is 0 Å². The quantitative estimate of drug-likeness (QED) is 0.906. The lowest BCUT2D eigenvalue weighted by atomic mass is 10.1. The fraction of sp³-hybridized carbons (Fsp3) is 0.562. The lowest BCUT2D eigenvalue weighted by Crippen LogP contribution is -2.38. The molecule has 0 aromatic carbocycles. The molecule has 4 rings (SSSR count). The van der Waals surface area contributed by atoms with E-state index in [-0.39, 0.29) is 5.69 Å². The minimum atomic E-state index is -1.02. The molecule has 0 bridgehead atoms. The minimum absolute atomic E-state index is 0.0434. The smallest absolute Gasteiger partial charge is 0.356 e. The molecule has 1 saturated heterocycles. The summed E-state index contributed by atoms with van der Waals surface area (Å²) in [6.07, 6.45) is 9.85. The van der Waals surface area contributed by atoms with Crippen LogP contribution in [-0.4, -0.2) is 51.2 Å². The van der Waals surface area contributed by atoms with Crippen LogP contribution >= 0.6 is 0 Å². The molecule has 2 aromatic heterocycles. The zero-order chi connectivity index (χ0) is 15.8. The summed E-state index contributed by atoms with van der Waals surface area (Å²) in [6.45, 7) is 2.62. The van der Waals surface area contributed by atoms with Crippen LogP contribution in [-0.2, 0) is 4.74 Å². The standard InChI is InChI=1S/C16H20N4O3/c21-16(22)13-9-20-8-5-17-14(15(20)18-13)19-6-3-12(4-7-19)23-10-11-1-2-11/h5,8-9,11-12H,1-4,6-7,10H2,(H,21,22). The average molecular weight is 316 g/mol. The first kappa shape index (κ1) is 14.4. The summed E-state index contributed by atoms with van der Waals surface area (Å²) in [4.78, 5) is 21.9. The van der Waals surface area contributed by atoms with Crippen molar-refractivity contribution in [1.82, 2.24) is 14.4 Å². The summed E-state index contributed by atoms with van der Waals surface area (Å²) in [5, 5.41) is 9.10. The summed E-state index contributed by atoms with van der Waals surface area (Å²) < 4.78 is 7.69. The first-order valence-corrected chi connectivity index (χ1v) is 8.14. The van der Waals surface area contributed by atoms with E-state index in [0.29, 0.717) is 11.8 Å². The minimum Gasteiger partial charge on any atom is -0.476 e. The van der Waals surface area contributed by atoms with Gasteiger partial charge in [0.05, 0.1) is 6.10 Å². The highest BCUT2D eigenvalue weighted by Crippen LogP contribution is 2.30. The molecule has 122 valence electrons. The van der Waals surface area contributed by atoms with Crippen molar-refractivity contribution in [3.63, 3.8) is 0 Å². The van der Waals surface area contributed by atoms with Crippen molar-refractivity contribution in [2.24, 2.45) is 5.92 Å². The van der Waals surface area contributed by atoms with E-state index >= 15 is 0 Å². The van der Waals surface area contributed by atoms with Crippen LogP contribution in [0.2, 0.25) is 0 Å². The molecule has 1 aliphatic heterocycles. The monoisotopic (exact) mass is 316 g/mol. The third-order valence-corrected chi connectivity index (χ3v) is 4.58. The SMILES string of the molecule is O=C(O)c1cn2ccnc(N3CCC(OCC4CC4)CC3)c2n1. The molecule has 2 fully saturated rings. The second-order valence-electron chi connectivity index (χ2n) is 6.38. The molecular formula is C16H20N4O3. The van der Waals surface area contributed by atoms with Gasteiger partial charge >= 0.3 is 5.97 Å². The molecule has 1 N–H and O–H groups in total. The van der Waals surface area contributed by atoms with Gasteiger partial charge in [-0.15, -0.1) is 0 Å². The van der Waals surface area contributed by atoms with Crippen molar-refractivity contribution in [3.8, 4) is 0 Å². The maximum atomic E-state index is 11.1. The molecule has 0 spiro atoms. The zero-order valence-electron chi connectivity index (χ0n) is 12.9. The molecular weight excluding hydrogens is 296 g/mol. The van der Waals surface area contributed by atoms with Gasteiger partial charge in [0.2, 0.25) is 0 Å². The number of carboxylic acids is 1. The van der Waals surface area contributed by atoms with E-state index in [1.165, 1.54) is 19.0 Å². The van der Waals surface area contributed by atoms with Crippen molar-refractivity contribution < 1.29 is 14.6 Å². The highest BCUT2D eigenvalue weighted by atomic mass is 16.5. The van der Waals surface area contributed by atoms with E-state index in [0.717, 1.165) is 44.3 Å². The van der Waals surface area contributed by atoms with E-state index in [1.807, 2.05) is 0 Å². The molecule has 0 atom stereocenters. The number of anilines is 1. The molecule has 1 aliphatic carbocycles. The van der Waals surface area contributed by atoms with Crippen molar-refractivity contribution in [3.05, 3.63) is 24.3 Å². The van der Waals surface area contributed by atoms with E-state index in [2.05, 4.69) is 14.9 Å². The number of carbonyl (C=O) groups is 1. The molecule has 2 aromatic rings. The average Bonchev–Trinajstić information content (AvgIpc) is 3.28. The number of piperidine rings is 1. The van der Waals surface area contributed by atoms with Crippen LogP contribution in [0.15, 0.2) is 18.6 Å². The number of aromatic nitrogens is 3. The Morgan fingerprint density at radius 2 is 2.09 bits per heavy atom. The molecule has 23 heavy (non-hydrogen) atoms. The summed E-state index contributed by atoms with van der Waals surface area (Å²) in [5.41, 5.74) is 0.643. The maximum absolute atomic E-state index is 11.1. The zero-order valence-corrected chi connectivity index (χ0v) is 12.9. The number of ether oxygens (including phenoxy) is 1. The number of carboxylic acid groups (broad SMARTS) is 1. The van der Waals surface area contributed by atoms with Crippen molar-refractivity contribution >= 4 is 17.4 Å². The van der Waals surface area contributed by atoms with Crippen molar-refractivity contribution in [1.29, 1.82) is 0 Å². The van der Waals surface area contributed by atoms with Crippen LogP contribution in [0, 0.1) is 5.92 Å². The molecule has 7 heteroatoms. The Bertz CT molecular complexity index is 717.